The van der Waals surface area contributed by atoms with Crippen LogP contribution >= 0.6 is 12.2 Å². The van der Waals surface area contributed by atoms with Gasteiger partial charge in [0.1, 0.15) is 0 Å². The van der Waals surface area contributed by atoms with E-state index in [0.29, 0.717) is 0 Å². The quantitative estimate of drug-likeness (QED) is 0.761. The van der Waals surface area contributed by atoms with Crippen LogP contribution in [0.3, 0.4) is 0 Å². The first-order valence-corrected chi connectivity index (χ1v) is 6.66. The van der Waals surface area contributed by atoms with Gasteiger partial charge in [-0.2, -0.15) is 0 Å². The highest BCUT2D eigenvalue weighted by Gasteiger charge is 2.12. The molecule has 0 bridgehead atoms. The molecule has 1 fully saturated rings. The third-order valence-electron chi connectivity index (χ3n) is 3.06. The molecule has 0 saturated carbocycles. The smallest absolute Gasteiger partial charge is 0.0780 e. The van der Waals surface area contributed by atoms with Crippen molar-refractivity contribution in [3.8, 4) is 0 Å². The molecule has 2 nitrogen and oxygen atoms in total. The summed E-state index contributed by atoms with van der Waals surface area (Å²) in [5.41, 5.74) is 1.40. The first kappa shape index (κ1) is 12.5. The second kappa shape index (κ2) is 6.72. The molecule has 0 amide bonds. The van der Waals surface area contributed by atoms with Crippen LogP contribution < -0.4 is 0 Å². The van der Waals surface area contributed by atoms with Crippen LogP contribution in [0.25, 0.3) is 0 Å². The fraction of sp³-hybridized carbons (Fsp3) is 0.500. The van der Waals surface area contributed by atoms with Crippen LogP contribution in [0.5, 0.6) is 0 Å². The first-order valence-electron chi connectivity index (χ1n) is 6.26. The molecule has 17 heavy (non-hydrogen) atoms. The number of ether oxygens (including phenoxy) is 1. The number of thiocarbonyl (C=S) groups is 1. The molecule has 1 aliphatic heterocycles. The van der Waals surface area contributed by atoms with Gasteiger partial charge >= 0.3 is 0 Å². The van der Waals surface area contributed by atoms with Gasteiger partial charge in [0.15, 0.2) is 0 Å². The molecule has 1 aromatic carbocycles. The van der Waals surface area contributed by atoms with Gasteiger partial charge in [-0.1, -0.05) is 42.5 Å². The van der Waals surface area contributed by atoms with Gasteiger partial charge < -0.3 is 9.64 Å². The molecule has 0 spiro atoms. The van der Waals surface area contributed by atoms with E-state index >= 15 is 0 Å². The zero-order chi connectivity index (χ0) is 11.9. The largest absolute Gasteiger partial charge is 0.378 e. The van der Waals surface area contributed by atoms with Gasteiger partial charge in [-0.3, -0.25) is 0 Å². The fourth-order valence-corrected chi connectivity index (χ4v) is 2.39. The number of rotatable bonds is 4. The number of hydrogen-bond acceptors (Lipinski definition) is 2. The number of morpholine rings is 1. The molecule has 3 heteroatoms. The van der Waals surface area contributed by atoms with Gasteiger partial charge in [0, 0.05) is 13.1 Å². The number of hydrogen-bond donors (Lipinski definition) is 0. The summed E-state index contributed by atoms with van der Waals surface area (Å²) in [4.78, 5) is 3.38. The summed E-state index contributed by atoms with van der Waals surface area (Å²) in [6.45, 7) is 3.56. The van der Waals surface area contributed by atoms with Gasteiger partial charge in [0.25, 0.3) is 0 Å². The minimum atomic E-state index is 0.818. The summed E-state index contributed by atoms with van der Waals surface area (Å²) < 4.78 is 5.32. The van der Waals surface area contributed by atoms with Gasteiger partial charge in [0.2, 0.25) is 0 Å². The second-order valence-electron chi connectivity index (χ2n) is 4.33. The highest BCUT2D eigenvalue weighted by molar-refractivity contribution is 7.80. The molecule has 0 unspecified atom stereocenters. The Morgan fingerprint density at radius 1 is 1.18 bits per heavy atom. The Hall–Kier alpha value is -0.930. The Balaban J connectivity index is 1.69. The third kappa shape index (κ3) is 4.10. The van der Waals surface area contributed by atoms with Crippen LogP contribution in [-0.2, 0) is 11.2 Å². The van der Waals surface area contributed by atoms with Crippen LogP contribution in [0.1, 0.15) is 18.4 Å². The molecule has 0 atom stereocenters. The van der Waals surface area contributed by atoms with Crippen LogP contribution in [0.15, 0.2) is 30.3 Å². The average molecular weight is 249 g/mol. The molecule has 1 aliphatic rings. The maximum atomic E-state index is 5.46. The summed E-state index contributed by atoms with van der Waals surface area (Å²) in [5, 5.41) is 0. The van der Waals surface area contributed by atoms with Crippen LogP contribution in [0, 0.1) is 0 Å². The lowest BCUT2D eigenvalue weighted by molar-refractivity contribution is 0.0682. The van der Waals surface area contributed by atoms with E-state index in [9.17, 15) is 0 Å². The molecule has 92 valence electrons. The predicted octanol–water partition coefficient (Wildman–Crippen LogP) is 2.67. The van der Waals surface area contributed by atoms with E-state index in [1.165, 1.54) is 5.56 Å². The summed E-state index contributed by atoms with van der Waals surface area (Å²) in [6.07, 6.45) is 3.27. The fourth-order valence-electron chi connectivity index (χ4n) is 2.06. The van der Waals surface area contributed by atoms with Crippen LogP contribution in [0.4, 0.5) is 0 Å². The van der Waals surface area contributed by atoms with Gasteiger partial charge in [-0.05, 0) is 24.8 Å². The van der Waals surface area contributed by atoms with E-state index in [4.69, 9.17) is 17.0 Å². The Morgan fingerprint density at radius 3 is 2.59 bits per heavy atom. The normalized spacial score (nSPS) is 15.9. The van der Waals surface area contributed by atoms with Gasteiger partial charge in [-0.25, -0.2) is 0 Å². The van der Waals surface area contributed by atoms with Crippen LogP contribution in [0.2, 0.25) is 0 Å². The van der Waals surface area contributed by atoms with E-state index < -0.39 is 0 Å². The van der Waals surface area contributed by atoms with Crippen molar-refractivity contribution in [1.82, 2.24) is 4.90 Å². The number of aryl methyl sites for hydroxylation is 1. The second-order valence-corrected chi connectivity index (χ2v) is 4.80. The van der Waals surface area contributed by atoms with Gasteiger partial charge in [0.05, 0.1) is 18.2 Å². The molecule has 1 aromatic rings. The average Bonchev–Trinajstić information content (AvgIpc) is 2.41. The van der Waals surface area contributed by atoms with Crippen molar-refractivity contribution in [2.24, 2.45) is 0 Å². The lowest BCUT2D eigenvalue weighted by atomic mass is 10.1. The maximum absolute atomic E-state index is 5.46. The molecular weight excluding hydrogens is 230 g/mol. The summed E-state index contributed by atoms with van der Waals surface area (Å²) in [7, 11) is 0. The Labute approximate surface area is 109 Å². The van der Waals surface area contributed by atoms with Crippen molar-refractivity contribution in [1.29, 1.82) is 0 Å². The third-order valence-corrected chi connectivity index (χ3v) is 3.53. The minimum Gasteiger partial charge on any atom is -0.378 e. The molecule has 0 N–H and O–H groups in total. The Morgan fingerprint density at radius 2 is 1.88 bits per heavy atom. The molecular formula is C14H19NOS. The zero-order valence-electron chi connectivity index (χ0n) is 10.1. The Kier molecular flexibility index (Phi) is 4.95. The van der Waals surface area contributed by atoms with Crippen molar-refractivity contribution < 1.29 is 4.74 Å². The van der Waals surface area contributed by atoms with Crippen molar-refractivity contribution in [3.63, 3.8) is 0 Å². The maximum Gasteiger partial charge on any atom is 0.0780 e. The van der Waals surface area contributed by atoms with E-state index in [2.05, 4.69) is 35.2 Å². The van der Waals surface area contributed by atoms with E-state index in [1.54, 1.807) is 0 Å². The lowest BCUT2D eigenvalue weighted by Crippen LogP contribution is -2.39. The van der Waals surface area contributed by atoms with Crippen molar-refractivity contribution in [2.75, 3.05) is 26.3 Å². The van der Waals surface area contributed by atoms with Crippen LogP contribution in [-0.4, -0.2) is 36.2 Å². The highest BCUT2D eigenvalue weighted by atomic mass is 32.1. The lowest BCUT2D eigenvalue weighted by Gasteiger charge is -2.29. The molecule has 0 aromatic heterocycles. The highest BCUT2D eigenvalue weighted by Crippen LogP contribution is 2.08. The minimum absolute atomic E-state index is 0.818. The molecule has 0 radical (unpaired) electrons. The van der Waals surface area contributed by atoms with Crippen molar-refractivity contribution in [2.45, 2.75) is 19.3 Å². The van der Waals surface area contributed by atoms with Crippen molar-refractivity contribution >= 4 is 17.2 Å². The standard InChI is InChI=1S/C14H19NOS/c17-14(15-9-11-16-12-10-15)8-4-7-13-5-2-1-3-6-13/h1-3,5-6H,4,7-12H2. The zero-order valence-corrected chi connectivity index (χ0v) is 10.9. The monoisotopic (exact) mass is 249 g/mol. The SMILES string of the molecule is S=C(CCCc1ccccc1)N1CCOCC1. The predicted molar refractivity (Wildman–Crippen MR) is 74.4 cm³/mol. The molecule has 2 rings (SSSR count). The molecule has 1 saturated heterocycles. The summed E-state index contributed by atoms with van der Waals surface area (Å²) in [6, 6.07) is 10.6. The topological polar surface area (TPSA) is 12.5 Å². The summed E-state index contributed by atoms with van der Waals surface area (Å²) in [5.74, 6) is 0. The summed E-state index contributed by atoms with van der Waals surface area (Å²) >= 11 is 5.46. The first-order chi connectivity index (χ1) is 8.36. The van der Waals surface area contributed by atoms with Gasteiger partial charge in [-0.15, -0.1) is 0 Å². The van der Waals surface area contributed by atoms with E-state index in [-0.39, 0.29) is 0 Å². The van der Waals surface area contributed by atoms with Crippen molar-refractivity contribution in [3.05, 3.63) is 35.9 Å². The van der Waals surface area contributed by atoms with E-state index in [1.807, 2.05) is 0 Å². The van der Waals surface area contributed by atoms with E-state index in [0.717, 1.165) is 50.6 Å². The Bertz CT molecular complexity index is 346. The molecule has 1 heterocycles. The number of nitrogens with zero attached hydrogens (tertiary/aromatic N) is 1. The molecule has 0 aliphatic carbocycles. The number of benzene rings is 1.